The Bertz CT molecular complexity index is 1130. The standard InChI is InChI=1S/C25H28N4O4/c1-16(19-14-27-20-11-6-5-10-18(19)20)22-24(31)28-21(23(30)29-22)12-7-13-26-25(32)33-15-17-8-3-2-4-9-17/h2-6,8-11,14,16,21-22,27H,7,12-13,15H2,1H3,(H,26,32)(H,28,31)(H,29,30)/t16?,21-,22-/m1/s1. The molecule has 4 rings (SSSR count). The second-order valence-electron chi connectivity index (χ2n) is 8.26. The second-order valence-corrected chi connectivity index (χ2v) is 8.26. The van der Waals surface area contributed by atoms with E-state index in [0.717, 1.165) is 22.0 Å². The van der Waals surface area contributed by atoms with Crippen molar-refractivity contribution >= 4 is 28.8 Å². The van der Waals surface area contributed by atoms with Crippen molar-refractivity contribution in [3.05, 3.63) is 71.9 Å². The van der Waals surface area contributed by atoms with E-state index in [0.29, 0.717) is 19.4 Å². The predicted octanol–water partition coefficient (Wildman–Crippen LogP) is 2.96. The fourth-order valence-corrected chi connectivity index (χ4v) is 4.12. The number of alkyl carbamates (subject to hydrolysis) is 1. The van der Waals surface area contributed by atoms with E-state index < -0.39 is 18.2 Å². The number of fused-ring (bicyclic) bond motifs is 1. The van der Waals surface area contributed by atoms with Crippen molar-refractivity contribution in [3.8, 4) is 0 Å². The van der Waals surface area contributed by atoms with E-state index in [-0.39, 0.29) is 24.3 Å². The first-order valence-corrected chi connectivity index (χ1v) is 11.1. The maximum Gasteiger partial charge on any atom is 0.407 e. The molecular weight excluding hydrogens is 420 g/mol. The zero-order valence-electron chi connectivity index (χ0n) is 18.5. The number of hydrogen-bond donors (Lipinski definition) is 4. The molecule has 1 aromatic heterocycles. The largest absolute Gasteiger partial charge is 0.445 e. The van der Waals surface area contributed by atoms with Gasteiger partial charge in [0.05, 0.1) is 0 Å². The Labute approximate surface area is 192 Å². The van der Waals surface area contributed by atoms with Crippen LogP contribution in [0.1, 0.15) is 36.8 Å². The number of carbonyl (C=O) groups excluding carboxylic acids is 3. The molecular formula is C25H28N4O4. The van der Waals surface area contributed by atoms with Crippen molar-refractivity contribution in [2.45, 2.75) is 44.4 Å². The van der Waals surface area contributed by atoms with Gasteiger partial charge in [0.25, 0.3) is 0 Å². The van der Waals surface area contributed by atoms with Crippen LogP contribution >= 0.6 is 0 Å². The van der Waals surface area contributed by atoms with Gasteiger partial charge in [-0.15, -0.1) is 0 Å². The van der Waals surface area contributed by atoms with Gasteiger partial charge in [-0.3, -0.25) is 9.59 Å². The zero-order chi connectivity index (χ0) is 23.2. The van der Waals surface area contributed by atoms with Crippen LogP contribution < -0.4 is 16.0 Å². The molecule has 0 bridgehead atoms. The number of rotatable bonds is 8. The third kappa shape index (κ3) is 5.34. The molecule has 4 N–H and O–H groups in total. The summed E-state index contributed by atoms with van der Waals surface area (Å²) in [5.74, 6) is -0.599. The Balaban J connectivity index is 1.22. The first-order valence-electron chi connectivity index (χ1n) is 11.1. The van der Waals surface area contributed by atoms with Crippen LogP contribution in [0.3, 0.4) is 0 Å². The third-order valence-corrected chi connectivity index (χ3v) is 5.98. The van der Waals surface area contributed by atoms with Crippen LogP contribution in [0.15, 0.2) is 60.8 Å². The molecule has 2 heterocycles. The fraction of sp³-hybridized carbons (Fsp3) is 0.320. The first kappa shape index (κ1) is 22.4. The highest BCUT2D eigenvalue weighted by atomic mass is 16.5. The maximum absolute atomic E-state index is 12.8. The molecule has 0 aliphatic carbocycles. The van der Waals surface area contributed by atoms with E-state index in [2.05, 4.69) is 20.9 Å². The highest BCUT2D eigenvalue weighted by Crippen LogP contribution is 2.28. The van der Waals surface area contributed by atoms with Gasteiger partial charge in [-0.05, 0) is 30.0 Å². The molecule has 3 atom stereocenters. The van der Waals surface area contributed by atoms with Crippen LogP contribution in [0.5, 0.6) is 0 Å². The van der Waals surface area contributed by atoms with Crippen LogP contribution in [-0.4, -0.2) is 41.5 Å². The number of hydrogen-bond acceptors (Lipinski definition) is 4. The van der Waals surface area contributed by atoms with Crippen LogP contribution in [0.4, 0.5) is 4.79 Å². The number of nitrogens with one attached hydrogen (secondary N) is 4. The Morgan fingerprint density at radius 2 is 1.79 bits per heavy atom. The summed E-state index contributed by atoms with van der Waals surface area (Å²) in [5, 5.41) is 9.43. The number of piperazine rings is 1. The van der Waals surface area contributed by atoms with Crippen LogP contribution in [0, 0.1) is 0 Å². The van der Waals surface area contributed by atoms with Gasteiger partial charge in [0, 0.05) is 29.6 Å². The molecule has 8 nitrogen and oxygen atoms in total. The lowest BCUT2D eigenvalue weighted by molar-refractivity contribution is -0.137. The highest BCUT2D eigenvalue weighted by molar-refractivity contribution is 5.98. The van der Waals surface area contributed by atoms with E-state index in [9.17, 15) is 14.4 Å². The van der Waals surface area contributed by atoms with Gasteiger partial charge in [-0.2, -0.15) is 0 Å². The third-order valence-electron chi connectivity index (χ3n) is 5.98. The van der Waals surface area contributed by atoms with E-state index in [1.807, 2.05) is 67.7 Å². The molecule has 1 saturated heterocycles. The number of aromatic amines is 1. The van der Waals surface area contributed by atoms with Gasteiger partial charge in [-0.25, -0.2) is 4.79 Å². The van der Waals surface area contributed by atoms with Gasteiger partial charge in [-0.1, -0.05) is 55.5 Å². The number of para-hydroxylation sites is 1. The summed E-state index contributed by atoms with van der Waals surface area (Å²) in [5.41, 5.74) is 2.89. The summed E-state index contributed by atoms with van der Waals surface area (Å²) in [6, 6.07) is 16.0. The second kappa shape index (κ2) is 10.2. The minimum Gasteiger partial charge on any atom is -0.445 e. The first-order chi connectivity index (χ1) is 16.0. The van der Waals surface area contributed by atoms with Gasteiger partial charge in [0.2, 0.25) is 11.8 Å². The molecule has 0 saturated carbocycles. The number of amides is 3. The molecule has 3 amide bonds. The van der Waals surface area contributed by atoms with Crippen LogP contribution in [0.2, 0.25) is 0 Å². The number of benzene rings is 2. The van der Waals surface area contributed by atoms with Crippen molar-refractivity contribution in [1.29, 1.82) is 0 Å². The SMILES string of the molecule is CC(c1c[nH]c2ccccc12)[C@H]1NC(=O)[C@@H](CCCNC(=O)OCc2ccccc2)NC1=O. The molecule has 8 heteroatoms. The highest BCUT2D eigenvalue weighted by Gasteiger charge is 2.37. The summed E-state index contributed by atoms with van der Waals surface area (Å²) >= 11 is 0. The molecule has 1 aliphatic heterocycles. The van der Waals surface area contributed by atoms with Crippen molar-refractivity contribution in [2.75, 3.05) is 6.54 Å². The van der Waals surface area contributed by atoms with Crippen molar-refractivity contribution < 1.29 is 19.1 Å². The summed E-state index contributed by atoms with van der Waals surface area (Å²) in [6.45, 7) is 2.48. The van der Waals surface area contributed by atoms with E-state index in [1.165, 1.54) is 0 Å². The van der Waals surface area contributed by atoms with Gasteiger partial charge in [0.1, 0.15) is 18.7 Å². The lowest BCUT2D eigenvalue weighted by Gasteiger charge is -2.33. The Morgan fingerprint density at radius 3 is 2.61 bits per heavy atom. The summed E-state index contributed by atoms with van der Waals surface area (Å²) in [7, 11) is 0. The molecule has 0 radical (unpaired) electrons. The van der Waals surface area contributed by atoms with E-state index in [4.69, 9.17) is 4.74 Å². The van der Waals surface area contributed by atoms with Crippen LogP contribution in [-0.2, 0) is 20.9 Å². The van der Waals surface area contributed by atoms with Gasteiger partial charge >= 0.3 is 6.09 Å². The Morgan fingerprint density at radius 1 is 1.03 bits per heavy atom. The quantitative estimate of drug-likeness (QED) is 0.397. The lowest BCUT2D eigenvalue weighted by Crippen LogP contribution is -2.63. The molecule has 3 aromatic rings. The summed E-state index contributed by atoms with van der Waals surface area (Å²) in [4.78, 5) is 40.4. The summed E-state index contributed by atoms with van der Waals surface area (Å²) < 4.78 is 5.16. The Hall–Kier alpha value is -3.81. The molecule has 1 unspecified atom stereocenters. The van der Waals surface area contributed by atoms with Crippen LogP contribution in [0.25, 0.3) is 10.9 Å². The predicted molar refractivity (Wildman–Crippen MR) is 124 cm³/mol. The molecule has 1 aliphatic rings. The van der Waals surface area contributed by atoms with Gasteiger partial charge in [0.15, 0.2) is 0 Å². The molecule has 2 aromatic carbocycles. The van der Waals surface area contributed by atoms with E-state index in [1.54, 1.807) is 0 Å². The smallest absolute Gasteiger partial charge is 0.407 e. The van der Waals surface area contributed by atoms with Crippen molar-refractivity contribution in [1.82, 2.24) is 20.9 Å². The average Bonchev–Trinajstić information content (AvgIpc) is 3.27. The van der Waals surface area contributed by atoms with Crippen molar-refractivity contribution in [3.63, 3.8) is 0 Å². The average molecular weight is 449 g/mol. The molecule has 0 spiro atoms. The lowest BCUT2D eigenvalue weighted by atomic mass is 9.90. The molecule has 1 fully saturated rings. The summed E-state index contributed by atoms with van der Waals surface area (Å²) in [6.07, 6.45) is 2.33. The van der Waals surface area contributed by atoms with Gasteiger partial charge < -0.3 is 25.7 Å². The fourth-order valence-electron chi connectivity index (χ4n) is 4.12. The zero-order valence-corrected chi connectivity index (χ0v) is 18.5. The normalized spacial score (nSPS) is 18.9. The van der Waals surface area contributed by atoms with Crippen molar-refractivity contribution in [2.24, 2.45) is 0 Å². The molecule has 172 valence electrons. The maximum atomic E-state index is 12.8. The monoisotopic (exact) mass is 448 g/mol. The molecule has 33 heavy (non-hydrogen) atoms. The topological polar surface area (TPSA) is 112 Å². The number of ether oxygens (including phenoxy) is 1. The minimum atomic E-state index is -0.640. The number of aromatic nitrogens is 1. The number of carbonyl (C=O) groups is 3. The Kier molecular flexibility index (Phi) is 6.92. The van der Waals surface area contributed by atoms with E-state index >= 15 is 0 Å². The minimum absolute atomic E-state index is 0.188. The number of H-pyrrole nitrogens is 1.